The molecule has 4 unspecified atom stereocenters. The summed E-state index contributed by atoms with van der Waals surface area (Å²) in [6.07, 6.45) is 1.37. The minimum absolute atomic E-state index is 0.542. The van der Waals surface area contributed by atoms with Crippen LogP contribution in [-0.4, -0.2) is 30.1 Å². The van der Waals surface area contributed by atoms with Crippen molar-refractivity contribution in [2.24, 2.45) is 17.6 Å². The number of nitrogens with two attached hydrogens (primary N) is 1. The van der Waals surface area contributed by atoms with E-state index < -0.39 is 0 Å². The van der Waals surface area contributed by atoms with E-state index in [0.717, 1.165) is 18.4 Å². The van der Waals surface area contributed by atoms with Crippen LogP contribution in [0.1, 0.15) is 34.1 Å². The Morgan fingerprint density at radius 2 is 2.00 bits per heavy atom. The second kappa shape index (κ2) is 4.43. The zero-order valence-corrected chi connectivity index (χ0v) is 9.46. The van der Waals surface area contributed by atoms with Crippen molar-refractivity contribution in [3.63, 3.8) is 0 Å². The van der Waals surface area contributed by atoms with Gasteiger partial charge in [0.15, 0.2) is 0 Å². The molecule has 2 heteroatoms. The van der Waals surface area contributed by atoms with Gasteiger partial charge in [-0.15, -0.1) is 0 Å². The molecule has 1 aliphatic heterocycles. The molecule has 1 heterocycles. The minimum atomic E-state index is 0.542. The zero-order valence-electron chi connectivity index (χ0n) is 9.46. The highest BCUT2D eigenvalue weighted by molar-refractivity contribution is 4.85. The van der Waals surface area contributed by atoms with Crippen molar-refractivity contribution < 1.29 is 0 Å². The van der Waals surface area contributed by atoms with Gasteiger partial charge in [-0.25, -0.2) is 0 Å². The fraction of sp³-hybridized carbons (Fsp3) is 1.00. The summed E-state index contributed by atoms with van der Waals surface area (Å²) in [7, 11) is 0. The molecule has 1 saturated heterocycles. The zero-order chi connectivity index (χ0) is 10.0. The summed E-state index contributed by atoms with van der Waals surface area (Å²) < 4.78 is 0. The van der Waals surface area contributed by atoms with Gasteiger partial charge in [-0.1, -0.05) is 13.8 Å². The van der Waals surface area contributed by atoms with Crippen molar-refractivity contribution in [3.05, 3.63) is 0 Å². The van der Waals surface area contributed by atoms with Gasteiger partial charge in [0.05, 0.1) is 0 Å². The van der Waals surface area contributed by atoms with Crippen molar-refractivity contribution in [3.8, 4) is 0 Å². The topological polar surface area (TPSA) is 29.3 Å². The van der Waals surface area contributed by atoms with E-state index in [9.17, 15) is 0 Å². The third-order valence-electron chi connectivity index (χ3n) is 3.55. The van der Waals surface area contributed by atoms with Crippen molar-refractivity contribution in [2.75, 3.05) is 13.1 Å². The highest BCUT2D eigenvalue weighted by Gasteiger charge is 2.30. The van der Waals surface area contributed by atoms with Gasteiger partial charge in [-0.3, -0.25) is 4.90 Å². The predicted octanol–water partition coefficient (Wildman–Crippen LogP) is 1.70. The van der Waals surface area contributed by atoms with Gasteiger partial charge in [0.1, 0.15) is 0 Å². The second-order valence-corrected chi connectivity index (χ2v) is 4.84. The maximum atomic E-state index is 5.71. The Labute approximate surface area is 82.5 Å². The van der Waals surface area contributed by atoms with Gasteiger partial charge < -0.3 is 5.73 Å². The van der Waals surface area contributed by atoms with Crippen LogP contribution >= 0.6 is 0 Å². The molecule has 0 amide bonds. The Bertz CT molecular complexity index is 158. The van der Waals surface area contributed by atoms with Crippen LogP contribution < -0.4 is 5.73 Å². The molecule has 1 fully saturated rings. The lowest BCUT2D eigenvalue weighted by molar-refractivity contribution is 0.0496. The average Bonchev–Trinajstić information content (AvgIpc) is 2.10. The van der Waals surface area contributed by atoms with Gasteiger partial charge >= 0.3 is 0 Å². The normalized spacial score (nSPS) is 39.0. The third kappa shape index (κ3) is 2.44. The van der Waals surface area contributed by atoms with Crippen LogP contribution in [0.2, 0.25) is 0 Å². The van der Waals surface area contributed by atoms with Gasteiger partial charge in [0.25, 0.3) is 0 Å². The first-order valence-corrected chi connectivity index (χ1v) is 5.52. The van der Waals surface area contributed by atoms with Crippen LogP contribution in [0.25, 0.3) is 0 Å². The Kier molecular flexibility index (Phi) is 3.74. The summed E-state index contributed by atoms with van der Waals surface area (Å²) >= 11 is 0. The summed E-state index contributed by atoms with van der Waals surface area (Å²) in [4.78, 5) is 2.57. The highest BCUT2D eigenvalue weighted by atomic mass is 15.2. The standard InChI is InChI=1S/C11H24N2/c1-8-5-9(2)11(4)13(7-8)10(3)6-12/h8-11H,5-7,12H2,1-4H3. The quantitative estimate of drug-likeness (QED) is 0.708. The van der Waals surface area contributed by atoms with Crippen molar-refractivity contribution in [2.45, 2.75) is 46.2 Å². The lowest BCUT2D eigenvalue weighted by Crippen LogP contribution is -2.52. The summed E-state index contributed by atoms with van der Waals surface area (Å²) in [6.45, 7) is 11.3. The Hall–Kier alpha value is -0.0800. The fourth-order valence-corrected chi connectivity index (χ4v) is 2.48. The second-order valence-electron chi connectivity index (χ2n) is 4.84. The van der Waals surface area contributed by atoms with E-state index in [1.165, 1.54) is 13.0 Å². The van der Waals surface area contributed by atoms with Crippen molar-refractivity contribution >= 4 is 0 Å². The van der Waals surface area contributed by atoms with Gasteiger partial charge in [0, 0.05) is 25.2 Å². The summed E-state index contributed by atoms with van der Waals surface area (Å²) in [6, 6.07) is 1.25. The lowest BCUT2D eigenvalue weighted by Gasteiger charge is -2.44. The Morgan fingerprint density at radius 1 is 1.38 bits per heavy atom. The number of rotatable bonds is 2. The van der Waals surface area contributed by atoms with Gasteiger partial charge in [-0.05, 0) is 32.1 Å². The monoisotopic (exact) mass is 184 g/mol. The maximum absolute atomic E-state index is 5.71. The van der Waals surface area contributed by atoms with E-state index in [2.05, 4.69) is 32.6 Å². The number of nitrogens with zero attached hydrogens (tertiary/aromatic N) is 1. The molecule has 0 aromatic rings. The molecule has 1 rings (SSSR count). The number of piperidine rings is 1. The molecule has 4 atom stereocenters. The molecule has 0 radical (unpaired) electrons. The van der Waals surface area contributed by atoms with Crippen LogP contribution in [0.4, 0.5) is 0 Å². The predicted molar refractivity (Wildman–Crippen MR) is 57.6 cm³/mol. The molecule has 0 spiro atoms. The highest BCUT2D eigenvalue weighted by Crippen LogP contribution is 2.27. The molecule has 0 bridgehead atoms. The Balaban J connectivity index is 2.60. The van der Waals surface area contributed by atoms with E-state index in [0.29, 0.717) is 12.1 Å². The first-order valence-electron chi connectivity index (χ1n) is 5.52. The number of likely N-dealkylation sites (tertiary alicyclic amines) is 1. The molecule has 0 aliphatic carbocycles. The lowest BCUT2D eigenvalue weighted by atomic mass is 9.85. The molecule has 0 aromatic carbocycles. The number of hydrogen-bond donors (Lipinski definition) is 1. The molecular weight excluding hydrogens is 160 g/mol. The first-order chi connectivity index (χ1) is 6.06. The first kappa shape index (κ1) is 11.0. The largest absolute Gasteiger partial charge is 0.329 e. The fourth-order valence-electron chi connectivity index (χ4n) is 2.48. The summed E-state index contributed by atoms with van der Waals surface area (Å²) in [5.74, 6) is 1.65. The molecule has 0 aromatic heterocycles. The molecular formula is C11H24N2. The molecule has 78 valence electrons. The average molecular weight is 184 g/mol. The third-order valence-corrected chi connectivity index (χ3v) is 3.55. The molecule has 0 saturated carbocycles. The number of hydrogen-bond acceptors (Lipinski definition) is 2. The summed E-state index contributed by atoms with van der Waals surface area (Å²) in [5.41, 5.74) is 5.71. The van der Waals surface area contributed by atoms with Gasteiger partial charge in [0.2, 0.25) is 0 Å². The molecule has 2 N–H and O–H groups in total. The minimum Gasteiger partial charge on any atom is -0.329 e. The smallest absolute Gasteiger partial charge is 0.0193 e. The summed E-state index contributed by atoms with van der Waals surface area (Å²) in [5, 5.41) is 0. The van der Waals surface area contributed by atoms with E-state index in [4.69, 9.17) is 5.73 Å². The van der Waals surface area contributed by atoms with Crippen LogP contribution in [-0.2, 0) is 0 Å². The van der Waals surface area contributed by atoms with E-state index in [1.54, 1.807) is 0 Å². The van der Waals surface area contributed by atoms with Crippen LogP contribution in [0.15, 0.2) is 0 Å². The maximum Gasteiger partial charge on any atom is 0.0193 e. The van der Waals surface area contributed by atoms with Crippen LogP contribution in [0, 0.1) is 11.8 Å². The van der Waals surface area contributed by atoms with E-state index in [-0.39, 0.29) is 0 Å². The SMILES string of the molecule is CC1CC(C)C(C)N(C(C)CN)C1. The Morgan fingerprint density at radius 3 is 2.54 bits per heavy atom. The van der Waals surface area contributed by atoms with Gasteiger partial charge in [-0.2, -0.15) is 0 Å². The van der Waals surface area contributed by atoms with Crippen molar-refractivity contribution in [1.82, 2.24) is 4.90 Å². The van der Waals surface area contributed by atoms with Crippen molar-refractivity contribution in [1.29, 1.82) is 0 Å². The van der Waals surface area contributed by atoms with E-state index in [1.807, 2.05) is 0 Å². The van der Waals surface area contributed by atoms with E-state index >= 15 is 0 Å². The van der Waals surface area contributed by atoms with Crippen LogP contribution in [0.5, 0.6) is 0 Å². The molecule has 1 aliphatic rings. The van der Waals surface area contributed by atoms with Crippen LogP contribution in [0.3, 0.4) is 0 Å². The molecule has 2 nitrogen and oxygen atoms in total. The molecule has 13 heavy (non-hydrogen) atoms.